The van der Waals surface area contributed by atoms with Crippen LogP contribution in [0.2, 0.25) is 0 Å². The molecular formula is C21H26BrNO4S. The topological polar surface area (TPSA) is 72.5 Å². The lowest BCUT2D eigenvalue weighted by atomic mass is 9.87. The first-order valence-corrected chi connectivity index (χ1v) is 11.6. The second kappa shape index (κ2) is 8.66. The van der Waals surface area contributed by atoms with Crippen LogP contribution in [0.3, 0.4) is 0 Å². The summed E-state index contributed by atoms with van der Waals surface area (Å²) in [6.07, 6.45) is 1.16. The highest BCUT2D eigenvalue weighted by atomic mass is 79.9. The van der Waals surface area contributed by atoms with Gasteiger partial charge in [0.15, 0.2) is 16.4 Å². The van der Waals surface area contributed by atoms with Gasteiger partial charge in [0.05, 0.1) is 15.4 Å². The molecule has 28 heavy (non-hydrogen) atoms. The summed E-state index contributed by atoms with van der Waals surface area (Å²) >= 11 is 3.49. The molecule has 2 aromatic carbocycles. The van der Waals surface area contributed by atoms with E-state index in [1.807, 2.05) is 25.1 Å². The van der Waals surface area contributed by atoms with Crippen molar-refractivity contribution in [3.8, 4) is 5.75 Å². The molecule has 0 saturated carbocycles. The Hall–Kier alpha value is -1.86. The molecule has 0 aromatic heterocycles. The predicted molar refractivity (Wildman–Crippen MR) is 114 cm³/mol. The van der Waals surface area contributed by atoms with Crippen LogP contribution >= 0.6 is 15.9 Å². The van der Waals surface area contributed by atoms with Crippen LogP contribution < -0.4 is 10.1 Å². The Morgan fingerprint density at radius 2 is 1.75 bits per heavy atom. The van der Waals surface area contributed by atoms with Gasteiger partial charge in [0.2, 0.25) is 0 Å². The third-order valence-corrected chi connectivity index (χ3v) is 6.09. The quantitative estimate of drug-likeness (QED) is 0.682. The van der Waals surface area contributed by atoms with Gasteiger partial charge in [-0.25, -0.2) is 8.42 Å². The van der Waals surface area contributed by atoms with Crippen molar-refractivity contribution in [3.05, 3.63) is 58.1 Å². The molecule has 0 spiro atoms. The number of nitrogens with one attached hydrogen (secondary N) is 1. The standard InChI is InChI=1S/C21H26BrNO4S/c1-14(15-6-9-17(10-7-15)28(5,25)26)23-20(24)13-27-19-11-8-16(12-18(19)22)21(2,3)4/h6-12,14H,13H2,1-5H3,(H,23,24)/t14-/m0/s1. The number of sulfone groups is 1. The maximum absolute atomic E-state index is 12.2. The number of hydrogen-bond donors (Lipinski definition) is 1. The molecule has 2 aromatic rings. The van der Waals surface area contributed by atoms with Crippen molar-refractivity contribution >= 4 is 31.7 Å². The first kappa shape index (κ1) is 22.4. The zero-order valence-electron chi connectivity index (χ0n) is 16.7. The van der Waals surface area contributed by atoms with Gasteiger partial charge >= 0.3 is 0 Å². The normalized spacial score (nSPS) is 13.1. The van der Waals surface area contributed by atoms with Crippen molar-refractivity contribution in [2.75, 3.05) is 12.9 Å². The zero-order valence-corrected chi connectivity index (χ0v) is 19.1. The fraction of sp³-hybridized carbons (Fsp3) is 0.381. The van der Waals surface area contributed by atoms with Crippen LogP contribution in [0.5, 0.6) is 5.75 Å². The summed E-state index contributed by atoms with van der Waals surface area (Å²) in [7, 11) is -3.24. The lowest BCUT2D eigenvalue weighted by Gasteiger charge is -2.20. The average Bonchev–Trinajstić information content (AvgIpc) is 2.59. The van der Waals surface area contributed by atoms with E-state index >= 15 is 0 Å². The first-order chi connectivity index (χ1) is 12.9. The molecule has 0 radical (unpaired) electrons. The number of ether oxygens (including phenoxy) is 1. The number of carbonyl (C=O) groups excluding carboxylic acids is 1. The lowest BCUT2D eigenvalue weighted by molar-refractivity contribution is -0.123. The van der Waals surface area contributed by atoms with Crippen LogP contribution in [0, 0.1) is 0 Å². The molecule has 0 aliphatic rings. The van der Waals surface area contributed by atoms with E-state index in [1.54, 1.807) is 12.1 Å². The van der Waals surface area contributed by atoms with Crippen LogP contribution in [0.1, 0.15) is 44.9 Å². The largest absolute Gasteiger partial charge is 0.483 e. The number of amides is 1. The second-order valence-electron chi connectivity index (χ2n) is 7.81. The Balaban J connectivity index is 1.95. The Labute approximate surface area is 175 Å². The van der Waals surface area contributed by atoms with Gasteiger partial charge in [-0.1, -0.05) is 39.0 Å². The van der Waals surface area contributed by atoms with Gasteiger partial charge in [-0.05, 0) is 63.7 Å². The zero-order chi connectivity index (χ0) is 21.1. The van der Waals surface area contributed by atoms with E-state index in [0.717, 1.165) is 16.3 Å². The van der Waals surface area contributed by atoms with Crippen molar-refractivity contribution < 1.29 is 17.9 Å². The number of benzene rings is 2. The van der Waals surface area contributed by atoms with Crippen molar-refractivity contribution in [1.82, 2.24) is 5.32 Å². The fourth-order valence-electron chi connectivity index (χ4n) is 2.60. The summed E-state index contributed by atoms with van der Waals surface area (Å²) in [6, 6.07) is 12.1. The van der Waals surface area contributed by atoms with Crippen LogP contribution in [0.15, 0.2) is 51.8 Å². The summed E-state index contributed by atoms with van der Waals surface area (Å²) in [5.41, 5.74) is 2.01. The molecule has 0 heterocycles. The monoisotopic (exact) mass is 467 g/mol. The molecule has 1 atom stereocenters. The minimum atomic E-state index is -3.24. The molecule has 0 aliphatic heterocycles. The summed E-state index contributed by atoms with van der Waals surface area (Å²) < 4.78 is 29.5. The van der Waals surface area contributed by atoms with E-state index in [-0.39, 0.29) is 28.9 Å². The summed E-state index contributed by atoms with van der Waals surface area (Å²) in [5.74, 6) is 0.347. The molecule has 1 N–H and O–H groups in total. The highest BCUT2D eigenvalue weighted by Gasteiger charge is 2.16. The average molecular weight is 468 g/mol. The third kappa shape index (κ3) is 6.07. The van der Waals surface area contributed by atoms with Gasteiger partial charge in [-0.3, -0.25) is 4.79 Å². The molecule has 152 valence electrons. The number of rotatable bonds is 6. The van der Waals surface area contributed by atoms with Crippen molar-refractivity contribution in [2.45, 2.75) is 44.0 Å². The maximum Gasteiger partial charge on any atom is 0.258 e. The Morgan fingerprint density at radius 3 is 2.25 bits per heavy atom. The Kier molecular flexibility index (Phi) is 6.93. The molecule has 5 nitrogen and oxygen atoms in total. The number of halogens is 1. The molecule has 7 heteroatoms. The van der Waals surface area contributed by atoms with Crippen molar-refractivity contribution in [3.63, 3.8) is 0 Å². The summed E-state index contributed by atoms with van der Waals surface area (Å²) in [5, 5.41) is 2.85. The summed E-state index contributed by atoms with van der Waals surface area (Å²) in [4.78, 5) is 12.5. The van der Waals surface area contributed by atoms with Gasteiger partial charge in [-0.2, -0.15) is 0 Å². The summed E-state index contributed by atoms with van der Waals surface area (Å²) in [6.45, 7) is 8.12. The van der Waals surface area contributed by atoms with E-state index in [2.05, 4.69) is 42.0 Å². The van der Waals surface area contributed by atoms with Crippen molar-refractivity contribution in [1.29, 1.82) is 0 Å². The van der Waals surface area contributed by atoms with Crippen LogP contribution in [-0.2, 0) is 20.0 Å². The van der Waals surface area contributed by atoms with E-state index in [0.29, 0.717) is 5.75 Å². The molecular weight excluding hydrogens is 442 g/mol. The van der Waals surface area contributed by atoms with Crippen molar-refractivity contribution in [2.24, 2.45) is 0 Å². The van der Waals surface area contributed by atoms with E-state index < -0.39 is 9.84 Å². The van der Waals surface area contributed by atoms with Gasteiger partial charge in [-0.15, -0.1) is 0 Å². The maximum atomic E-state index is 12.2. The fourth-order valence-corrected chi connectivity index (χ4v) is 3.72. The van der Waals surface area contributed by atoms with Crippen LogP contribution in [-0.4, -0.2) is 27.2 Å². The smallest absolute Gasteiger partial charge is 0.258 e. The molecule has 2 rings (SSSR count). The highest BCUT2D eigenvalue weighted by Crippen LogP contribution is 2.31. The number of hydrogen-bond acceptors (Lipinski definition) is 4. The van der Waals surface area contributed by atoms with Gasteiger partial charge in [0.1, 0.15) is 5.75 Å². The molecule has 0 saturated heterocycles. The van der Waals surface area contributed by atoms with Gasteiger partial charge in [0.25, 0.3) is 5.91 Å². The second-order valence-corrected chi connectivity index (χ2v) is 10.7. The minimum absolute atomic E-state index is 0.0283. The van der Waals surface area contributed by atoms with E-state index in [1.165, 1.54) is 17.7 Å². The third-order valence-electron chi connectivity index (χ3n) is 4.34. The molecule has 0 bridgehead atoms. The Morgan fingerprint density at radius 1 is 1.14 bits per heavy atom. The lowest BCUT2D eigenvalue weighted by Crippen LogP contribution is -2.31. The van der Waals surface area contributed by atoms with E-state index in [9.17, 15) is 13.2 Å². The van der Waals surface area contributed by atoms with Crippen LogP contribution in [0.4, 0.5) is 0 Å². The molecule has 0 fully saturated rings. The van der Waals surface area contributed by atoms with Gasteiger partial charge < -0.3 is 10.1 Å². The molecule has 1 amide bonds. The SMILES string of the molecule is C[C@H](NC(=O)COc1ccc(C(C)(C)C)cc1Br)c1ccc(S(C)(=O)=O)cc1. The Bertz CT molecular complexity index is 947. The van der Waals surface area contributed by atoms with E-state index in [4.69, 9.17) is 4.74 Å². The minimum Gasteiger partial charge on any atom is -0.483 e. The first-order valence-electron chi connectivity index (χ1n) is 8.90. The number of carbonyl (C=O) groups is 1. The molecule has 0 aliphatic carbocycles. The highest BCUT2D eigenvalue weighted by molar-refractivity contribution is 9.10. The molecule has 0 unspecified atom stereocenters. The van der Waals surface area contributed by atoms with Crippen LogP contribution in [0.25, 0.3) is 0 Å². The van der Waals surface area contributed by atoms with Gasteiger partial charge in [0, 0.05) is 6.26 Å². The predicted octanol–water partition coefficient (Wildman–Crippen LogP) is 4.41.